The van der Waals surface area contributed by atoms with Crippen LogP contribution in [-0.2, 0) is 60.8 Å². The van der Waals surface area contributed by atoms with Crippen LogP contribution in [0.25, 0.3) is 0 Å². The number of hydrogen-bond acceptors (Lipinski definition) is 14. The Bertz CT molecular complexity index is 2310. The van der Waals surface area contributed by atoms with E-state index >= 15 is 0 Å². The minimum atomic E-state index is -1.65. The normalized spacial score (nSPS) is 22.6. The van der Waals surface area contributed by atoms with Crippen LogP contribution in [0, 0.1) is 5.92 Å². The standard InChI is InChI=1S/C51H75N11O11S2/c1-5-51(6-2)27-43(66)56-36(25-32-17-19-33(63)20-18-32)46(69)59-37(24-31-13-8-7-9-14-31)47(70)58-35(23-30(3)4)45(68)60-38(26-41(53)64)48(71)61-39(29-74-75-51)50(73)62-22-12-16-40(62)49(72)57-34(15-10-11-21-52)44(67)55-28-42(54)65/h7-9,13-14,17-20,30,34-40,63H,5-6,10-12,15-16,21-29,52H2,1-4H3,(H2,53,64)(H2,54,65)(H,55,67)(H,56,66)(H,57,72)(H,58,70)(H,59,69)(H,60,68)(H,61,71)/t34-,35?,36?,37?,38?,39?,40-/m0/s1. The molecule has 7 atom stereocenters. The highest BCUT2D eigenvalue weighted by atomic mass is 33.1. The lowest BCUT2D eigenvalue weighted by Gasteiger charge is -2.33. The molecule has 22 nitrogen and oxygen atoms in total. The second kappa shape index (κ2) is 30.2. The first-order chi connectivity index (χ1) is 35.7. The second-order valence-electron chi connectivity index (χ2n) is 19.4. The number of nitrogens with one attached hydrogen (secondary N) is 7. The highest BCUT2D eigenvalue weighted by Crippen LogP contribution is 2.44. The first-order valence-corrected chi connectivity index (χ1v) is 27.8. The number of nitrogens with two attached hydrogens (primary N) is 3. The molecule has 4 rings (SSSR count). The molecule has 0 saturated carbocycles. The summed E-state index contributed by atoms with van der Waals surface area (Å²) in [5.74, 6) is -7.92. The number of phenols is 1. The summed E-state index contributed by atoms with van der Waals surface area (Å²) in [5.41, 5.74) is 17.8. The molecule has 2 fully saturated rings. The molecule has 0 spiro atoms. The van der Waals surface area contributed by atoms with Gasteiger partial charge in [-0.25, -0.2) is 0 Å². The van der Waals surface area contributed by atoms with Crippen molar-refractivity contribution in [1.82, 2.24) is 42.1 Å². The molecular weight excluding hydrogens is 1010 g/mol. The molecule has 2 aromatic rings. The van der Waals surface area contributed by atoms with Gasteiger partial charge in [-0.15, -0.1) is 0 Å². The summed E-state index contributed by atoms with van der Waals surface area (Å²) in [4.78, 5) is 139. The van der Waals surface area contributed by atoms with Crippen LogP contribution in [0.4, 0.5) is 0 Å². The van der Waals surface area contributed by atoms with E-state index < -0.39 is 119 Å². The highest BCUT2D eigenvalue weighted by Gasteiger charge is 2.41. The fourth-order valence-electron chi connectivity index (χ4n) is 8.76. The molecule has 14 N–H and O–H groups in total. The predicted molar refractivity (Wildman–Crippen MR) is 285 cm³/mol. The van der Waals surface area contributed by atoms with Gasteiger partial charge >= 0.3 is 0 Å². The zero-order valence-corrected chi connectivity index (χ0v) is 44.8. The first kappa shape index (κ1) is 61.1. The van der Waals surface area contributed by atoms with Crippen molar-refractivity contribution in [3.8, 4) is 5.75 Å². The van der Waals surface area contributed by atoms with Gasteiger partial charge < -0.3 is 64.4 Å². The van der Waals surface area contributed by atoms with Gasteiger partial charge in [-0.1, -0.05) is 91.7 Å². The largest absolute Gasteiger partial charge is 0.508 e. The van der Waals surface area contributed by atoms with E-state index in [-0.39, 0.29) is 62.5 Å². The Labute approximate surface area is 445 Å². The van der Waals surface area contributed by atoms with E-state index in [0.717, 1.165) is 0 Å². The van der Waals surface area contributed by atoms with Crippen molar-refractivity contribution in [2.75, 3.05) is 25.4 Å². The topological polar surface area (TPSA) is 356 Å². The van der Waals surface area contributed by atoms with Gasteiger partial charge in [-0.3, -0.25) is 47.9 Å². The van der Waals surface area contributed by atoms with Crippen molar-refractivity contribution < 1.29 is 53.1 Å². The van der Waals surface area contributed by atoms with Crippen LogP contribution in [0.5, 0.6) is 5.75 Å². The maximum Gasteiger partial charge on any atom is 0.246 e. The number of amides is 10. The minimum Gasteiger partial charge on any atom is -0.508 e. The molecule has 2 aliphatic rings. The summed E-state index contributed by atoms with van der Waals surface area (Å²) in [6.07, 6.45) is 1.79. The van der Waals surface area contributed by atoms with Crippen LogP contribution >= 0.6 is 21.6 Å². The monoisotopic (exact) mass is 1080 g/mol. The van der Waals surface area contributed by atoms with Gasteiger partial charge in [0, 0.05) is 36.3 Å². The van der Waals surface area contributed by atoms with Gasteiger partial charge in [-0.05, 0) is 87.1 Å². The number of hydrogen-bond donors (Lipinski definition) is 11. The number of carbonyl (C=O) groups is 10. The number of phenolic OH excluding ortho intramolecular Hbond substituents is 1. The number of rotatable bonds is 20. The van der Waals surface area contributed by atoms with E-state index in [2.05, 4.69) is 37.2 Å². The van der Waals surface area contributed by atoms with Crippen LogP contribution in [0.15, 0.2) is 54.6 Å². The lowest BCUT2D eigenvalue weighted by Crippen LogP contribution is -2.61. The number of carbonyl (C=O) groups excluding carboxylic acids is 10. The van der Waals surface area contributed by atoms with Crippen molar-refractivity contribution in [2.45, 2.75) is 152 Å². The van der Waals surface area contributed by atoms with Crippen molar-refractivity contribution in [1.29, 1.82) is 0 Å². The molecule has 2 heterocycles. The third-order valence-electron chi connectivity index (χ3n) is 13.0. The fourth-order valence-corrected chi connectivity index (χ4v) is 12.1. The fraction of sp³-hybridized carbons (Fsp3) is 0.569. The Morgan fingerprint density at radius 1 is 0.773 bits per heavy atom. The summed E-state index contributed by atoms with van der Waals surface area (Å²) in [6, 6.07) is 5.86. The average molecular weight is 1080 g/mol. The number of benzene rings is 2. The molecule has 10 amide bonds. The Morgan fingerprint density at radius 3 is 1.96 bits per heavy atom. The average Bonchev–Trinajstić information content (AvgIpc) is 3.87. The van der Waals surface area contributed by atoms with Crippen molar-refractivity contribution in [3.63, 3.8) is 0 Å². The summed E-state index contributed by atoms with van der Waals surface area (Å²) >= 11 is 0. The van der Waals surface area contributed by atoms with E-state index in [4.69, 9.17) is 17.2 Å². The van der Waals surface area contributed by atoms with Crippen LogP contribution in [0.1, 0.15) is 103 Å². The van der Waals surface area contributed by atoms with Crippen LogP contribution in [0.2, 0.25) is 0 Å². The number of unbranched alkanes of at least 4 members (excludes halogenated alkanes) is 1. The number of nitrogens with zero attached hydrogens (tertiary/aromatic N) is 1. The molecule has 2 aromatic carbocycles. The Kier molecular flexibility index (Phi) is 24.6. The summed E-state index contributed by atoms with van der Waals surface area (Å²) in [7, 11) is 2.47. The van der Waals surface area contributed by atoms with Gasteiger partial charge in [0.15, 0.2) is 0 Å². The van der Waals surface area contributed by atoms with Gasteiger partial charge in [0.25, 0.3) is 0 Å². The van der Waals surface area contributed by atoms with Gasteiger partial charge in [0.2, 0.25) is 59.1 Å². The molecule has 0 aliphatic carbocycles. The molecule has 0 bridgehead atoms. The molecule has 0 aromatic heterocycles. The SMILES string of the molecule is CCC1(CC)CC(=O)NC(Cc2ccc(O)cc2)C(=O)NC(Cc2ccccc2)C(=O)NC(CC(C)C)C(=O)NC(CC(N)=O)C(=O)NC(C(=O)N2CCC[C@H]2C(=O)N[C@@H](CCCCN)C(=O)NCC(N)=O)CSS1. The van der Waals surface area contributed by atoms with E-state index in [0.29, 0.717) is 49.8 Å². The summed E-state index contributed by atoms with van der Waals surface area (Å²) in [5, 5.41) is 28.9. The molecule has 2 saturated heterocycles. The van der Waals surface area contributed by atoms with Gasteiger partial charge in [-0.2, -0.15) is 0 Å². The molecule has 75 heavy (non-hydrogen) atoms. The van der Waals surface area contributed by atoms with E-state index in [1.54, 1.807) is 56.3 Å². The maximum absolute atomic E-state index is 14.8. The van der Waals surface area contributed by atoms with Crippen molar-refractivity contribution in [2.24, 2.45) is 23.1 Å². The number of primary amides is 2. The summed E-state index contributed by atoms with van der Waals surface area (Å²) < 4.78 is -0.805. The third-order valence-corrected chi connectivity index (χ3v) is 16.5. The number of likely N-dealkylation sites (tertiary alicyclic amines) is 1. The third kappa shape index (κ3) is 19.7. The Morgan fingerprint density at radius 2 is 1.36 bits per heavy atom. The van der Waals surface area contributed by atoms with Crippen LogP contribution in [-0.4, -0.2) is 142 Å². The lowest BCUT2D eigenvalue weighted by atomic mass is 9.96. The molecule has 412 valence electrons. The second-order valence-corrected chi connectivity index (χ2v) is 22.2. The molecular formula is C51H75N11O11S2. The molecule has 0 radical (unpaired) electrons. The molecule has 24 heteroatoms. The van der Waals surface area contributed by atoms with Crippen molar-refractivity contribution >= 4 is 80.7 Å². The predicted octanol–water partition coefficient (Wildman–Crippen LogP) is 0.0731. The Hall–Kier alpha value is -6.40. The maximum atomic E-state index is 14.8. The van der Waals surface area contributed by atoms with E-state index in [1.165, 1.54) is 38.6 Å². The Balaban J connectivity index is 1.77. The summed E-state index contributed by atoms with van der Waals surface area (Å²) in [6.45, 7) is 7.32. The van der Waals surface area contributed by atoms with Gasteiger partial charge in [0.05, 0.1) is 13.0 Å². The minimum absolute atomic E-state index is 0.00748. The zero-order chi connectivity index (χ0) is 55.2. The lowest BCUT2D eigenvalue weighted by molar-refractivity contribution is -0.142. The first-order valence-electron chi connectivity index (χ1n) is 25.5. The van der Waals surface area contributed by atoms with E-state index in [9.17, 15) is 53.1 Å². The smallest absolute Gasteiger partial charge is 0.246 e. The molecule has 5 unspecified atom stereocenters. The van der Waals surface area contributed by atoms with Crippen LogP contribution < -0.4 is 54.4 Å². The van der Waals surface area contributed by atoms with Crippen LogP contribution in [0.3, 0.4) is 0 Å². The zero-order valence-electron chi connectivity index (χ0n) is 43.2. The van der Waals surface area contributed by atoms with E-state index in [1.807, 2.05) is 13.8 Å². The molecule has 2 aliphatic heterocycles. The van der Waals surface area contributed by atoms with Crippen molar-refractivity contribution in [3.05, 3.63) is 65.7 Å². The van der Waals surface area contributed by atoms with Gasteiger partial charge in [0.1, 0.15) is 48.0 Å². The number of aromatic hydroxyl groups is 1. The quantitative estimate of drug-likeness (QED) is 0.0618. The highest BCUT2D eigenvalue weighted by molar-refractivity contribution is 8.77.